The maximum atomic E-state index is 14.7. The topological polar surface area (TPSA) is 86.8 Å². The fourth-order valence-corrected chi connectivity index (χ4v) is 8.16. The minimum absolute atomic E-state index is 0.00741. The highest BCUT2D eigenvalue weighted by Crippen LogP contribution is 2.30. The van der Waals surface area contributed by atoms with Gasteiger partial charge < -0.3 is 10.2 Å². The van der Waals surface area contributed by atoms with Gasteiger partial charge in [-0.25, -0.2) is 8.42 Å². The van der Waals surface area contributed by atoms with Gasteiger partial charge in [0, 0.05) is 39.1 Å². The molecule has 0 aliphatic heterocycles. The smallest absolute Gasteiger partial charge is 0.264 e. The van der Waals surface area contributed by atoms with Crippen LogP contribution in [0.5, 0.6) is 0 Å². The van der Waals surface area contributed by atoms with Crippen LogP contribution in [-0.2, 0) is 32.6 Å². The van der Waals surface area contributed by atoms with Crippen molar-refractivity contribution in [1.29, 1.82) is 0 Å². The highest BCUT2D eigenvalue weighted by Gasteiger charge is 2.36. The monoisotopic (exact) mass is 755 g/mol. The Morgan fingerprint density at radius 2 is 1.45 bits per heavy atom. The lowest BCUT2D eigenvalue weighted by Gasteiger charge is -2.35. The Hall–Kier alpha value is -3.37. The van der Waals surface area contributed by atoms with E-state index in [0.29, 0.717) is 25.8 Å². The molecule has 4 aromatic rings. The number of halogens is 3. The molecule has 11 heteroatoms. The predicted molar refractivity (Wildman–Crippen MR) is 191 cm³/mol. The SMILES string of the molecule is O=C(NC1CCCCC1)C(Cc1ccccc1)N(Cc1c(Cl)cccc1Cl)C(=O)CN(c1cccc(Br)c1)S(=O)(=O)c1ccccc1. The van der Waals surface area contributed by atoms with Gasteiger partial charge in [-0.3, -0.25) is 13.9 Å². The van der Waals surface area contributed by atoms with Crippen LogP contribution in [0.15, 0.2) is 112 Å². The van der Waals surface area contributed by atoms with Crippen molar-refractivity contribution in [2.45, 2.75) is 62.0 Å². The molecule has 0 spiro atoms. The van der Waals surface area contributed by atoms with Crippen LogP contribution in [-0.4, -0.2) is 43.8 Å². The minimum atomic E-state index is -4.20. The van der Waals surface area contributed by atoms with Gasteiger partial charge in [-0.15, -0.1) is 0 Å². The van der Waals surface area contributed by atoms with E-state index in [0.717, 1.165) is 42.0 Å². The van der Waals surface area contributed by atoms with E-state index in [-0.39, 0.29) is 29.8 Å². The second kappa shape index (κ2) is 16.2. The molecule has 246 valence electrons. The number of amides is 2. The predicted octanol–water partition coefficient (Wildman–Crippen LogP) is 8.04. The molecule has 1 N–H and O–H groups in total. The molecule has 2 amide bonds. The number of carbonyl (C=O) groups excluding carboxylic acids is 2. The van der Waals surface area contributed by atoms with E-state index in [1.165, 1.54) is 17.0 Å². The van der Waals surface area contributed by atoms with Crippen molar-refractivity contribution in [2.75, 3.05) is 10.8 Å². The Bertz CT molecular complexity index is 1770. The Labute approximate surface area is 295 Å². The zero-order valence-corrected chi connectivity index (χ0v) is 29.6. The quantitative estimate of drug-likeness (QED) is 0.159. The van der Waals surface area contributed by atoms with Gasteiger partial charge in [0.05, 0.1) is 10.6 Å². The Morgan fingerprint density at radius 1 is 0.830 bits per heavy atom. The first-order chi connectivity index (χ1) is 22.6. The van der Waals surface area contributed by atoms with Crippen LogP contribution in [0.2, 0.25) is 10.0 Å². The lowest BCUT2D eigenvalue weighted by atomic mass is 9.94. The number of rotatable bonds is 12. The molecule has 0 saturated heterocycles. The van der Waals surface area contributed by atoms with Crippen molar-refractivity contribution < 1.29 is 18.0 Å². The van der Waals surface area contributed by atoms with Crippen LogP contribution in [0.4, 0.5) is 5.69 Å². The molecule has 1 aliphatic rings. The molecule has 1 aliphatic carbocycles. The third kappa shape index (κ3) is 8.96. The van der Waals surface area contributed by atoms with Gasteiger partial charge in [-0.05, 0) is 60.9 Å². The minimum Gasteiger partial charge on any atom is -0.352 e. The second-order valence-corrected chi connectivity index (χ2v) is 15.2. The molecule has 0 aromatic heterocycles. The fourth-order valence-electron chi connectivity index (χ4n) is 5.83. The summed E-state index contributed by atoms with van der Waals surface area (Å²) in [7, 11) is -4.20. The van der Waals surface area contributed by atoms with Gasteiger partial charge in [0.2, 0.25) is 11.8 Å². The molecular weight excluding hydrogens is 721 g/mol. The van der Waals surface area contributed by atoms with E-state index in [1.54, 1.807) is 60.7 Å². The molecular formula is C36H36BrCl2N3O4S. The number of benzene rings is 4. The molecule has 47 heavy (non-hydrogen) atoms. The molecule has 1 atom stereocenters. The van der Waals surface area contributed by atoms with E-state index < -0.39 is 28.5 Å². The van der Waals surface area contributed by atoms with E-state index in [1.807, 2.05) is 30.3 Å². The Morgan fingerprint density at radius 3 is 2.09 bits per heavy atom. The summed E-state index contributed by atoms with van der Waals surface area (Å²) in [5.74, 6) is -0.891. The molecule has 0 bridgehead atoms. The zero-order valence-electron chi connectivity index (χ0n) is 25.7. The normalized spacial score (nSPS) is 14.3. The first-order valence-electron chi connectivity index (χ1n) is 15.5. The van der Waals surface area contributed by atoms with Crippen LogP contribution in [0.1, 0.15) is 43.2 Å². The van der Waals surface area contributed by atoms with Crippen LogP contribution in [0, 0.1) is 0 Å². The van der Waals surface area contributed by atoms with E-state index in [2.05, 4.69) is 21.2 Å². The largest absolute Gasteiger partial charge is 0.352 e. The highest BCUT2D eigenvalue weighted by molar-refractivity contribution is 9.10. The van der Waals surface area contributed by atoms with Crippen molar-refractivity contribution in [3.8, 4) is 0 Å². The van der Waals surface area contributed by atoms with Crippen LogP contribution in [0.3, 0.4) is 0 Å². The average Bonchev–Trinajstić information content (AvgIpc) is 3.07. The third-order valence-corrected chi connectivity index (χ3v) is 11.3. The van der Waals surface area contributed by atoms with Crippen LogP contribution >= 0.6 is 39.1 Å². The molecule has 0 radical (unpaired) electrons. The lowest BCUT2D eigenvalue weighted by Crippen LogP contribution is -2.55. The van der Waals surface area contributed by atoms with Gasteiger partial charge in [0.1, 0.15) is 12.6 Å². The van der Waals surface area contributed by atoms with Gasteiger partial charge in [0.15, 0.2) is 0 Å². The molecule has 1 fully saturated rings. The number of sulfonamides is 1. The summed E-state index contributed by atoms with van der Waals surface area (Å²) < 4.78 is 30.0. The van der Waals surface area contributed by atoms with Crippen molar-refractivity contribution in [3.63, 3.8) is 0 Å². The number of hydrogen-bond donors (Lipinski definition) is 1. The lowest BCUT2D eigenvalue weighted by molar-refractivity contribution is -0.140. The maximum absolute atomic E-state index is 14.7. The van der Waals surface area contributed by atoms with E-state index >= 15 is 0 Å². The summed E-state index contributed by atoms with van der Waals surface area (Å²) in [6.45, 7) is -0.678. The molecule has 7 nitrogen and oxygen atoms in total. The summed E-state index contributed by atoms with van der Waals surface area (Å²) in [5.41, 5.74) is 1.60. The van der Waals surface area contributed by atoms with Crippen LogP contribution < -0.4 is 9.62 Å². The summed E-state index contributed by atoms with van der Waals surface area (Å²) >= 11 is 16.7. The molecule has 4 aromatic carbocycles. The third-order valence-electron chi connectivity index (χ3n) is 8.32. The summed E-state index contributed by atoms with van der Waals surface area (Å²) in [5, 5.41) is 3.87. The zero-order chi connectivity index (χ0) is 33.4. The number of nitrogens with zero attached hydrogens (tertiary/aromatic N) is 2. The van der Waals surface area contributed by atoms with Crippen LogP contribution in [0.25, 0.3) is 0 Å². The molecule has 5 rings (SSSR count). The molecule has 0 heterocycles. The maximum Gasteiger partial charge on any atom is 0.264 e. The van der Waals surface area contributed by atoms with Gasteiger partial charge in [0.25, 0.3) is 10.0 Å². The van der Waals surface area contributed by atoms with Gasteiger partial charge >= 0.3 is 0 Å². The Kier molecular flexibility index (Phi) is 12.0. The van der Waals surface area contributed by atoms with Crippen molar-refractivity contribution in [1.82, 2.24) is 10.2 Å². The number of anilines is 1. The number of nitrogens with one attached hydrogen (secondary N) is 1. The first kappa shape index (κ1) is 35.0. The standard InChI is InChI=1S/C36H36BrCl2N3O4S/c37-27-14-10-17-29(23-27)42(47(45,46)30-18-8-3-9-19-30)25-35(43)41(24-31-32(38)20-11-21-33(31)39)34(22-26-12-4-1-5-13-26)36(44)40-28-15-6-2-7-16-28/h1,3-5,8-14,17-21,23,28,34H,2,6-7,15-16,22,24-25H2,(H,40,44). The number of hydrogen-bond acceptors (Lipinski definition) is 4. The average molecular weight is 758 g/mol. The Balaban J connectivity index is 1.59. The fraction of sp³-hybridized carbons (Fsp3) is 0.278. The van der Waals surface area contributed by atoms with Crippen molar-refractivity contribution >= 4 is 66.7 Å². The van der Waals surface area contributed by atoms with Gasteiger partial charge in [-0.1, -0.05) is 119 Å². The highest BCUT2D eigenvalue weighted by atomic mass is 79.9. The number of carbonyl (C=O) groups is 2. The van der Waals surface area contributed by atoms with Crippen molar-refractivity contribution in [3.05, 3.63) is 129 Å². The molecule has 1 unspecified atom stereocenters. The second-order valence-electron chi connectivity index (χ2n) is 11.6. The summed E-state index contributed by atoms with van der Waals surface area (Å²) in [6, 6.07) is 28.2. The van der Waals surface area contributed by atoms with E-state index in [9.17, 15) is 18.0 Å². The molecule has 1 saturated carbocycles. The summed E-state index contributed by atoms with van der Waals surface area (Å²) in [4.78, 5) is 30.4. The summed E-state index contributed by atoms with van der Waals surface area (Å²) in [6.07, 6.45) is 5.09. The van der Waals surface area contributed by atoms with Crippen molar-refractivity contribution in [2.24, 2.45) is 0 Å². The van der Waals surface area contributed by atoms with E-state index in [4.69, 9.17) is 23.2 Å². The first-order valence-corrected chi connectivity index (χ1v) is 18.5. The van der Waals surface area contributed by atoms with Gasteiger partial charge in [-0.2, -0.15) is 0 Å².